The minimum Gasteiger partial charge on any atom is -0.464 e. The maximum absolute atomic E-state index is 12.5. The number of carbonyl (C=O) groups excluding carboxylic acids is 3. The number of rotatable bonds is 2. The molecule has 2 N–H and O–H groups in total. The van der Waals surface area contributed by atoms with Crippen LogP contribution in [0.25, 0.3) is 0 Å². The van der Waals surface area contributed by atoms with Gasteiger partial charge in [-0.2, -0.15) is 0 Å². The van der Waals surface area contributed by atoms with Crippen molar-refractivity contribution < 1.29 is 19.1 Å². The number of esters is 1. The zero-order chi connectivity index (χ0) is 16.0. The van der Waals surface area contributed by atoms with Gasteiger partial charge in [-0.25, -0.2) is 15.1 Å². The molecule has 114 valence electrons. The third-order valence-corrected chi connectivity index (χ3v) is 4.09. The molecule has 0 unspecified atom stereocenters. The monoisotopic (exact) mass is 341 g/mol. The maximum Gasteiger partial charge on any atom is 0.356 e. The molecule has 0 radical (unpaired) electrons. The summed E-state index contributed by atoms with van der Waals surface area (Å²) in [5, 5.41) is 0.518. The molecule has 2 aliphatic rings. The Balaban J connectivity index is 2.06. The van der Waals surface area contributed by atoms with Crippen LogP contribution in [0.5, 0.6) is 0 Å². The number of methoxy groups -OCH3 is 1. The fraction of sp³-hybridized carbons (Fsp3) is 0.154. The van der Waals surface area contributed by atoms with Crippen LogP contribution in [0.15, 0.2) is 29.5 Å². The molecule has 9 heteroatoms. The SMILES string of the molecule is COC(=O)C1=C2C(=O)N(c3ccc(Cl)c(Cl)c3)C(=O)[C@@H]2NN1. The standard InChI is InChI=1S/C13H9Cl2N3O4/c1-22-13(21)10-8-9(16-17-10)12(20)18(11(8)19)5-2-3-6(14)7(15)4-5/h2-4,9,16-17H,1H3/t9-/m1/s1. The van der Waals surface area contributed by atoms with Gasteiger partial charge in [0.15, 0.2) is 0 Å². The second-order valence-electron chi connectivity index (χ2n) is 4.56. The fourth-order valence-corrected chi connectivity index (χ4v) is 2.62. The van der Waals surface area contributed by atoms with Crippen molar-refractivity contribution in [2.24, 2.45) is 0 Å². The van der Waals surface area contributed by atoms with Gasteiger partial charge < -0.3 is 10.2 Å². The Morgan fingerprint density at radius 2 is 2.00 bits per heavy atom. The summed E-state index contributed by atoms with van der Waals surface area (Å²) in [6.07, 6.45) is 0. The molecule has 0 bridgehead atoms. The Morgan fingerprint density at radius 1 is 1.27 bits per heavy atom. The summed E-state index contributed by atoms with van der Waals surface area (Å²) in [7, 11) is 1.18. The topological polar surface area (TPSA) is 87.7 Å². The second-order valence-corrected chi connectivity index (χ2v) is 5.37. The Labute approximate surface area is 134 Å². The van der Waals surface area contributed by atoms with Crippen molar-refractivity contribution in [2.45, 2.75) is 6.04 Å². The van der Waals surface area contributed by atoms with Gasteiger partial charge in [0.1, 0.15) is 11.7 Å². The number of imide groups is 1. The molecule has 1 atom stereocenters. The molecule has 2 heterocycles. The summed E-state index contributed by atoms with van der Waals surface area (Å²) < 4.78 is 4.58. The summed E-state index contributed by atoms with van der Waals surface area (Å²) in [5.74, 6) is -1.88. The van der Waals surface area contributed by atoms with Gasteiger partial charge >= 0.3 is 5.97 Å². The molecule has 2 aliphatic heterocycles. The van der Waals surface area contributed by atoms with Gasteiger partial charge in [0, 0.05) is 0 Å². The number of carbonyl (C=O) groups is 3. The number of hydrogen-bond acceptors (Lipinski definition) is 6. The van der Waals surface area contributed by atoms with Crippen molar-refractivity contribution in [3.8, 4) is 0 Å². The van der Waals surface area contributed by atoms with Crippen LogP contribution in [0.3, 0.4) is 0 Å². The number of amides is 2. The van der Waals surface area contributed by atoms with Crippen LogP contribution in [0, 0.1) is 0 Å². The number of hydrazine groups is 1. The lowest BCUT2D eigenvalue weighted by Crippen LogP contribution is -2.42. The molecule has 1 saturated heterocycles. The molecule has 0 saturated carbocycles. The smallest absolute Gasteiger partial charge is 0.356 e. The summed E-state index contributed by atoms with van der Waals surface area (Å²) in [4.78, 5) is 37.5. The third-order valence-electron chi connectivity index (χ3n) is 3.35. The van der Waals surface area contributed by atoms with Gasteiger partial charge in [-0.3, -0.25) is 9.59 Å². The van der Waals surface area contributed by atoms with Crippen molar-refractivity contribution in [3.63, 3.8) is 0 Å². The number of hydrogen-bond donors (Lipinski definition) is 2. The number of nitrogens with one attached hydrogen (secondary N) is 2. The van der Waals surface area contributed by atoms with E-state index in [1.54, 1.807) is 0 Å². The van der Waals surface area contributed by atoms with Crippen molar-refractivity contribution >= 4 is 46.7 Å². The molecule has 2 amide bonds. The average Bonchev–Trinajstić information content (AvgIpc) is 3.03. The molecule has 1 fully saturated rings. The molecular formula is C13H9Cl2N3O4. The van der Waals surface area contributed by atoms with Crippen LogP contribution in [-0.4, -0.2) is 30.9 Å². The lowest BCUT2D eigenvalue weighted by Gasteiger charge is -2.16. The van der Waals surface area contributed by atoms with Gasteiger partial charge in [0.2, 0.25) is 0 Å². The summed E-state index contributed by atoms with van der Waals surface area (Å²) in [6.45, 7) is 0. The van der Waals surface area contributed by atoms with E-state index in [0.29, 0.717) is 5.02 Å². The highest BCUT2D eigenvalue weighted by molar-refractivity contribution is 6.42. The second kappa shape index (κ2) is 5.28. The molecule has 3 rings (SSSR count). The summed E-state index contributed by atoms with van der Waals surface area (Å²) in [5.41, 5.74) is 5.31. The number of nitrogens with zero attached hydrogens (tertiary/aromatic N) is 1. The van der Waals surface area contributed by atoms with Crippen LogP contribution >= 0.6 is 23.2 Å². The number of benzene rings is 1. The highest BCUT2D eigenvalue weighted by Gasteiger charge is 2.50. The van der Waals surface area contributed by atoms with Gasteiger partial charge in [0.25, 0.3) is 11.8 Å². The molecule has 7 nitrogen and oxygen atoms in total. The fourth-order valence-electron chi connectivity index (χ4n) is 2.33. The number of anilines is 1. The largest absolute Gasteiger partial charge is 0.464 e. The zero-order valence-corrected chi connectivity index (χ0v) is 12.7. The first-order valence-electron chi connectivity index (χ1n) is 6.13. The first-order valence-corrected chi connectivity index (χ1v) is 6.88. The normalized spacial score (nSPS) is 20.3. The Morgan fingerprint density at radius 3 is 2.64 bits per heavy atom. The van der Waals surface area contributed by atoms with E-state index in [0.717, 1.165) is 4.90 Å². The average molecular weight is 342 g/mol. The highest BCUT2D eigenvalue weighted by Crippen LogP contribution is 2.33. The Bertz CT molecular complexity index is 747. The molecule has 0 aliphatic carbocycles. The van der Waals surface area contributed by atoms with E-state index in [2.05, 4.69) is 15.6 Å². The lowest BCUT2D eigenvalue weighted by atomic mass is 10.1. The van der Waals surface area contributed by atoms with E-state index < -0.39 is 23.8 Å². The van der Waals surface area contributed by atoms with Crippen molar-refractivity contribution in [1.82, 2.24) is 10.9 Å². The molecule has 22 heavy (non-hydrogen) atoms. The van der Waals surface area contributed by atoms with Crippen molar-refractivity contribution in [1.29, 1.82) is 0 Å². The van der Waals surface area contributed by atoms with E-state index in [1.165, 1.54) is 25.3 Å². The number of ether oxygens (including phenoxy) is 1. The van der Waals surface area contributed by atoms with Crippen molar-refractivity contribution in [3.05, 3.63) is 39.5 Å². The first-order chi connectivity index (χ1) is 10.5. The quantitative estimate of drug-likeness (QED) is 0.610. The maximum atomic E-state index is 12.5. The molecule has 1 aromatic rings. The number of halogens is 2. The van der Waals surface area contributed by atoms with E-state index in [1.807, 2.05) is 0 Å². The van der Waals surface area contributed by atoms with E-state index in [4.69, 9.17) is 23.2 Å². The lowest BCUT2D eigenvalue weighted by molar-refractivity contribution is -0.137. The Hall–Kier alpha value is -2.09. The predicted octanol–water partition coefficient (Wildman–Crippen LogP) is 0.770. The van der Waals surface area contributed by atoms with Crippen LogP contribution < -0.4 is 15.8 Å². The van der Waals surface area contributed by atoms with E-state index in [-0.39, 0.29) is 22.0 Å². The summed E-state index contributed by atoms with van der Waals surface area (Å²) >= 11 is 11.7. The molecule has 1 aromatic carbocycles. The van der Waals surface area contributed by atoms with Crippen molar-refractivity contribution in [2.75, 3.05) is 12.0 Å². The van der Waals surface area contributed by atoms with Gasteiger partial charge in [-0.05, 0) is 18.2 Å². The molecular weight excluding hydrogens is 333 g/mol. The Kier molecular flexibility index (Phi) is 3.56. The van der Waals surface area contributed by atoms with Gasteiger partial charge in [-0.1, -0.05) is 23.2 Å². The highest BCUT2D eigenvalue weighted by atomic mass is 35.5. The zero-order valence-electron chi connectivity index (χ0n) is 11.1. The van der Waals surface area contributed by atoms with Gasteiger partial charge in [0.05, 0.1) is 28.4 Å². The van der Waals surface area contributed by atoms with Crippen LogP contribution in [0.2, 0.25) is 10.0 Å². The summed E-state index contributed by atoms with van der Waals surface area (Å²) in [6, 6.07) is 3.44. The first kappa shape index (κ1) is 14.8. The predicted molar refractivity (Wildman–Crippen MR) is 78.1 cm³/mol. The van der Waals surface area contributed by atoms with Crippen LogP contribution in [0.4, 0.5) is 5.69 Å². The van der Waals surface area contributed by atoms with E-state index in [9.17, 15) is 14.4 Å². The van der Waals surface area contributed by atoms with Gasteiger partial charge in [-0.15, -0.1) is 0 Å². The van der Waals surface area contributed by atoms with Crippen LogP contribution in [0.1, 0.15) is 0 Å². The minimum atomic E-state index is -0.948. The van der Waals surface area contributed by atoms with Crippen LogP contribution in [-0.2, 0) is 19.1 Å². The molecule has 0 spiro atoms. The number of fused-ring (bicyclic) bond motifs is 1. The third kappa shape index (κ3) is 2.06. The molecule has 0 aromatic heterocycles. The van der Waals surface area contributed by atoms with E-state index >= 15 is 0 Å². The minimum absolute atomic E-state index is 0.0166.